The van der Waals surface area contributed by atoms with Gasteiger partial charge in [0.2, 0.25) is 5.88 Å². The molecule has 0 radical (unpaired) electrons. The molecule has 108 valence electrons. The van der Waals surface area contributed by atoms with Gasteiger partial charge in [-0.2, -0.15) is 0 Å². The van der Waals surface area contributed by atoms with Crippen molar-refractivity contribution >= 4 is 0 Å². The summed E-state index contributed by atoms with van der Waals surface area (Å²) >= 11 is 0. The molecule has 5 heteroatoms. The lowest BCUT2D eigenvalue weighted by Gasteiger charge is -2.16. The van der Waals surface area contributed by atoms with Gasteiger partial charge in [0.15, 0.2) is 0 Å². The average Bonchev–Trinajstić information content (AvgIpc) is 2.47. The Morgan fingerprint density at radius 2 is 2.00 bits per heavy atom. The number of nitrogens with one attached hydrogen (secondary N) is 1. The molecule has 2 N–H and O–H groups in total. The largest absolute Gasteiger partial charge is 0.494 e. The number of H-pyrrole nitrogens is 1. The van der Waals surface area contributed by atoms with Crippen LogP contribution in [0.2, 0.25) is 0 Å². The van der Waals surface area contributed by atoms with E-state index in [0.717, 1.165) is 11.0 Å². The van der Waals surface area contributed by atoms with E-state index in [9.17, 15) is 14.7 Å². The van der Waals surface area contributed by atoms with E-state index in [0.29, 0.717) is 12.0 Å². The monoisotopic (exact) mass is 284 g/mol. The van der Waals surface area contributed by atoms with Crippen molar-refractivity contribution in [2.24, 2.45) is 0 Å². The first-order chi connectivity index (χ1) is 10.1. The number of benzene rings is 1. The molecule has 2 rings (SSSR count). The van der Waals surface area contributed by atoms with Crippen LogP contribution in [-0.4, -0.2) is 14.7 Å². The Balaban J connectivity index is 2.73. The van der Waals surface area contributed by atoms with E-state index in [2.05, 4.69) is 10.9 Å². The minimum atomic E-state index is -0.700. The Kier molecular flexibility index (Phi) is 4.29. The number of aromatic nitrogens is 2. The Morgan fingerprint density at radius 3 is 2.57 bits per heavy atom. The molecule has 0 saturated carbocycles. The van der Waals surface area contributed by atoms with Crippen LogP contribution < -0.4 is 11.2 Å². The van der Waals surface area contributed by atoms with E-state index in [-0.39, 0.29) is 5.56 Å². The summed E-state index contributed by atoms with van der Waals surface area (Å²) in [5.74, 6) is 2.08. The standard InChI is InChI=1S/C16H16N2O3/c1-3-8-12(4-2)18-15(20)13(14(19)17-16(18)21)11-9-6-5-7-10-11/h2,5-7,9-10,12,20H,3,8H2,1H3,(H,17,19,21). The summed E-state index contributed by atoms with van der Waals surface area (Å²) in [5.41, 5.74) is -0.760. The Hall–Kier alpha value is -2.74. The topological polar surface area (TPSA) is 75.1 Å². The molecule has 0 spiro atoms. The van der Waals surface area contributed by atoms with E-state index in [1.54, 1.807) is 30.3 Å². The lowest BCUT2D eigenvalue weighted by Crippen LogP contribution is -2.33. The number of nitrogens with zero attached hydrogens (tertiary/aromatic N) is 1. The van der Waals surface area contributed by atoms with Crippen LogP contribution in [0.1, 0.15) is 25.8 Å². The van der Waals surface area contributed by atoms with Crippen molar-refractivity contribution in [1.29, 1.82) is 0 Å². The Morgan fingerprint density at radius 1 is 1.33 bits per heavy atom. The highest BCUT2D eigenvalue weighted by molar-refractivity contribution is 5.67. The normalized spacial score (nSPS) is 11.8. The van der Waals surface area contributed by atoms with Gasteiger partial charge in [0.1, 0.15) is 11.6 Å². The number of hydrogen-bond acceptors (Lipinski definition) is 3. The summed E-state index contributed by atoms with van der Waals surface area (Å²) in [6, 6.07) is 8.06. The van der Waals surface area contributed by atoms with Gasteiger partial charge in [-0.1, -0.05) is 49.6 Å². The van der Waals surface area contributed by atoms with Crippen LogP contribution in [0.25, 0.3) is 11.1 Å². The van der Waals surface area contributed by atoms with Crippen LogP contribution in [0, 0.1) is 12.3 Å². The molecular weight excluding hydrogens is 268 g/mol. The number of rotatable bonds is 4. The molecule has 1 aromatic carbocycles. The zero-order chi connectivity index (χ0) is 15.4. The summed E-state index contributed by atoms with van der Waals surface area (Å²) in [7, 11) is 0. The first-order valence-corrected chi connectivity index (χ1v) is 6.69. The molecule has 0 amide bonds. The van der Waals surface area contributed by atoms with Crippen LogP contribution in [-0.2, 0) is 0 Å². The third kappa shape index (κ3) is 2.75. The molecular formula is C16H16N2O3. The first-order valence-electron chi connectivity index (χ1n) is 6.69. The van der Waals surface area contributed by atoms with E-state index >= 15 is 0 Å². The summed E-state index contributed by atoms with van der Waals surface area (Å²) in [4.78, 5) is 26.2. The molecule has 0 saturated heterocycles. The van der Waals surface area contributed by atoms with Crippen molar-refractivity contribution in [2.45, 2.75) is 25.8 Å². The molecule has 0 aliphatic rings. The van der Waals surface area contributed by atoms with Gasteiger partial charge in [0, 0.05) is 0 Å². The Bertz CT molecular complexity index is 782. The van der Waals surface area contributed by atoms with Gasteiger partial charge in [-0.05, 0) is 12.0 Å². The molecule has 0 fully saturated rings. The van der Waals surface area contributed by atoms with Gasteiger partial charge >= 0.3 is 5.69 Å². The van der Waals surface area contributed by atoms with Crippen molar-refractivity contribution in [3.05, 3.63) is 51.2 Å². The minimum Gasteiger partial charge on any atom is -0.494 e. The fourth-order valence-electron chi connectivity index (χ4n) is 2.25. The maximum absolute atomic E-state index is 12.0. The third-order valence-electron chi connectivity index (χ3n) is 3.25. The highest BCUT2D eigenvalue weighted by Gasteiger charge is 2.20. The number of aromatic hydroxyl groups is 1. The molecule has 0 bridgehead atoms. The minimum absolute atomic E-state index is 0.0477. The van der Waals surface area contributed by atoms with Crippen LogP contribution >= 0.6 is 0 Å². The molecule has 1 unspecified atom stereocenters. The molecule has 5 nitrogen and oxygen atoms in total. The first kappa shape index (κ1) is 14.7. The van der Waals surface area contributed by atoms with Crippen molar-refractivity contribution in [2.75, 3.05) is 0 Å². The zero-order valence-corrected chi connectivity index (χ0v) is 11.7. The molecule has 21 heavy (non-hydrogen) atoms. The van der Waals surface area contributed by atoms with Gasteiger partial charge in [-0.25, -0.2) is 9.36 Å². The molecule has 1 aromatic heterocycles. The summed E-state index contributed by atoms with van der Waals surface area (Å²) in [6.07, 6.45) is 6.73. The number of hydrogen-bond donors (Lipinski definition) is 2. The van der Waals surface area contributed by atoms with Crippen molar-refractivity contribution in [1.82, 2.24) is 9.55 Å². The number of terminal acetylenes is 1. The highest BCUT2D eigenvalue weighted by atomic mass is 16.3. The molecule has 0 aliphatic heterocycles. The van der Waals surface area contributed by atoms with Crippen molar-refractivity contribution < 1.29 is 5.11 Å². The summed E-state index contributed by atoms with van der Waals surface area (Å²) in [6.45, 7) is 1.93. The van der Waals surface area contributed by atoms with E-state index in [4.69, 9.17) is 6.42 Å². The van der Waals surface area contributed by atoms with Gasteiger partial charge in [-0.15, -0.1) is 6.42 Å². The maximum atomic E-state index is 12.0. The van der Waals surface area contributed by atoms with Crippen LogP contribution in [0.5, 0.6) is 5.88 Å². The van der Waals surface area contributed by atoms with Gasteiger partial charge in [0.05, 0.1) is 0 Å². The quantitative estimate of drug-likeness (QED) is 0.842. The summed E-state index contributed by atoms with van der Waals surface area (Å²) in [5, 5.41) is 10.4. The van der Waals surface area contributed by atoms with Crippen LogP contribution in [0.4, 0.5) is 0 Å². The molecule has 1 atom stereocenters. The van der Waals surface area contributed by atoms with Crippen molar-refractivity contribution in [3.8, 4) is 29.4 Å². The van der Waals surface area contributed by atoms with Gasteiger partial charge < -0.3 is 5.11 Å². The fraction of sp³-hybridized carbons (Fsp3) is 0.250. The molecule has 1 heterocycles. The highest BCUT2D eigenvalue weighted by Crippen LogP contribution is 2.26. The molecule has 2 aromatic rings. The summed E-state index contributed by atoms with van der Waals surface area (Å²) < 4.78 is 1.06. The maximum Gasteiger partial charge on any atom is 0.332 e. The fourth-order valence-corrected chi connectivity index (χ4v) is 2.25. The van der Waals surface area contributed by atoms with Crippen molar-refractivity contribution in [3.63, 3.8) is 0 Å². The average molecular weight is 284 g/mol. The van der Waals surface area contributed by atoms with Crippen LogP contribution in [0.3, 0.4) is 0 Å². The Labute approximate surface area is 121 Å². The second-order valence-electron chi connectivity index (χ2n) is 4.67. The lowest BCUT2D eigenvalue weighted by molar-refractivity contribution is 0.383. The predicted octanol–water partition coefficient (Wildman–Crippen LogP) is 1.88. The second kappa shape index (κ2) is 6.14. The number of aromatic amines is 1. The second-order valence-corrected chi connectivity index (χ2v) is 4.67. The van der Waals surface area contributed by atoms with Gasteiger partial charge in [-0.3, -0.25) is 9.78 Å². The SMILES string of the molecule is C#CC(CCC)n1c(O)c(-c2ccccc2)c(=O)[nH]c1=O. The van der Waals surface area contributed by atoms with E-state index < -0.39 is 23.2 Å². The smallest absolute Gasteiger partial charge is 0.332 e. The zero-order valence-electron chi connectivity index (χ0n) is 11.7. The van der Waals surface area contributed by atoms with E-state index in [1.807, 2.05) is 6.92 Å². The van der Waals surface area contributed by atoms with E-state index in [1.165, 1.54) is 0 Å². The third-order valence-corrected chi connectivity index (χ3v) is 3.25. The lowest BCUT2D eigenvalue weighted by atomic mass is 10.1. The van der Waals surface area contributed by atoms with Crippen LogP contribution in [0.15, 0.2) is 39.9 Å². The molecule has 0 aliphatic carbocycles. The predicted molar refractivity (Wildman–Crippen MR) is 81.2 cm³/mol. The van der Waals surface area contributed by atoms with Gasteiger partial charge in [0.25, 0.3) is 5.56 Å².